The Morgan fingerprint density at radius 1 is 1.39 bits per heavy atom. The fourth-order valence-electron chi connectivity index (χ4n) is 1.44. The zero-order chi connectivity index (χ0) is 13.2. The molecule has 0 aromatic heterocycles. The van der Waals surface area contributed by atoms with Crippen LogP contribution < -0.4 is 15.8 Å². The number of ether oxygens (including phenoxy) is 2. The van der Waals surface area contributed by atoms with Crippen molar-refractivity contribution in [3.05, 3.63) is 30.3 Å². The van der Waals surface area contributed by atoms with E-state index in [1.54, 1.807) is 7.11 Å². The Balaban J connectivity index is 2.19. The summed E-state index contributed by atoms with van der Waals surface area (Å²) in [5, 5.41) is 3.03. The summed E-state index contributed by atoms with van der Waals surface area (Å²) < 4.78 is 10.5. The summed E-state index contributed by atoms with van der Waals surface area (Å²) in [6.07, 6.45) is 0. The summed E-state index contributed by atoms with van der Waals surface area (Å²) >= 11 is 0. The summed E-state index contributed by atoms with van der Waals surface area (Å²) in [6.45, 7) is 3.60. The Morgan fingerprint density at radius 3 is 2.78 bits per heavy atom. The molecule has 100 valence electrons. The molecule has 0 radical (unpaired) electrons. The molecule has 0 bridgehead atoms. The van der Waals surface area contributed by atoms with Crippen molar-refractivity contribution in [2.24, 2.45) is 10.7 Å². The van der Waals surface area contributed by atoms with Gasteiger partial charge in [0.15, 0.2) is 5.96 Å². The van der Waals surface area contributed by atoms with E-state index in [0.29, 0.717) is 25.7 Å². The lowest BCUT2D eigenvalue weighted by Gasteiger charge is -2.13. The predicted octanol–water partition coefficient (Wildman–Crippen LogP) is 1.00. The molecule has 0 saturated heterocycles. The second kappa shape index (κ2) is 8.36. The van der Waals surface area contributed by atoms with Crippen LogP contribution in [0.4, 0.5) is 0 Å². The van der Waals surface area contributed by atoms with Gasteiger partial charge < -0.3 is 20.5 Å². The quantitative estimate of drug-likeness (QED) is 0.431. The number of guanidine groups is 1. The second-order valence-electron chi connectivity index (χ2n) is 3.93. The van der Waals surface area contributed by atoms with Crippen molar-refractivity contribution in [1.29, 1.82) is 0 Å². The summed E-state index contributed by atoms with van der Waals surface area (Å²) in [4.78, 5) is 4.16. The van der Waals surface area contributed by atoms with Crippen molar-refractivity contribution in [2.75, 3.05) is 26.9 Å². The minimum absolute atomic E-state index is 0.147. The van der Waals surface area contributed by atoms with E-state index < -0.39 is 0 Å². The Hall–Kier alpha value is -1.75. The Kier molecular flexibility index (Phi) is 6.64. The van der Waals surface area contributed by atoms with Crippen LogP contribution in [-0.2, 0) is 4.74 Å². The van der Waals surface area contributed by atoms with Crippen LogP contribution in [0.1, 0.15) is 6.92 Å². The van der Waals surface area contributed by atoms with Crippen LogP contribution in [0.5, 0.6) is 5.75 Å². The highest BCUT2D eigenvalue weighted by Gasteiger charge is 2.00. The van der Waals surface area contributed by atoms with Gasteiger partial charge in [-0.05, 0) is 19.1 Å². The maximum atomic E-state index is 5.71. The van der Waals surface area contributed by atoms with Crippen molar-refractivity contribution in [3.63, 3.8) is 0 Å². The van der Waals surface area contributed by atoms with Crippen molar-refractivity contribution in [2.45, 2.75) is 13.0 Å². The molecule has 1 atom stereocenters. The highest BCUT2D eigenvalue weighted by molar-refractivity contribution is 5.78. The third-order valence-corrected chi connectivity index (χ3v) is 2.20. The number of para-hydroxylation sites is 1. The van der Waals surface area contributed by atoms with Gasteiger partial charge in [-0.1, -0.05) is 18.2 Å². The molecule has 18 heavy (non-hydrogen) atoms. The van der Waals surface area contributed by atoms with Crippen LogP contribution >= 0.6 is 0 Å². The zero-order valence-electron chi connectivity index (χ0n) is 10.9. The molecule has 5 heteroatoms. The number of hydrogen-bond acceptors (Lipinski definition) is 3. The van der Waals surface area contributed by atoms with Gasteiger partial charge in [-0.15, -0.1) is 0 Å². The van der Waals surface area contributed by atoms with Crippen LogP contribution in [0.2, 0.25) is 0 Å². The molecular weight excluding hydrogens is 230 g/mol. The van der Waals surface area contributed by atoms with E-state index in [0.717, 1.165) is 5.75 Å². The van der Waals surface area contributed by atoms with E-state index in [4.69, 9.17) is 15.2 Å². The molecule has 1 aromatic rings. The molecular formula is C13H21N3O2. The summed E-state index contributed by atoms with van der Waals surface area (Å²) in [7, 11) is 1.65. The van der Waals surface area contributed by atoms with Gasteiger partial charge >= 0.3 is 0 Å². The van der Waals surface area contributed by atoms with E-state index in [1.807, 2.05) is 37.3 Å². The molecule has 0 spiro atoms. The van der Waals surface area contributed by atoms with Gasteiger partial charge in [-0.2, -0.15) is 0 Å². The Bertz CT molecular complexity index is 355. The largest absolute Gasteiger partial charge is 0.492 e. The van der Waals surface area contributed by atoms with Crippen LogP contribution in [0.15, 0.2) is 35.3 Å². The molecule has 0 aliphatic heterocycles. The smallest absolute Gasteiger partial charge is 0.188 e. The standard InChI is InChI=1S/C13H21N3O2/c1-11(10-17-2)16-13(14)15-8-9-18-12-6-4-3-5-7-12/h3-7,11H,8-10H2,1-2H3,(H3,14,15,16). The summed E-state index contributed by atoms with van der Waals surface area (Å²) in [5.41, 5.74) is 5.71. The topological polar surface area (TPSA) is 68.9 Å². The molecule has 1 aromatic carbocycles. The normalized spacial score (nSPS) is 13.1. The first kappa shape index (κ1) is 14.3. The van der Waals surface area contributed by atoms with Crippen LogP contribution in [-0.4, -0.2) is 38.9 Å². The van der Waals surface area contributed by atoms with Gasteiger partial charge in [-0.25, -0.2) is 4.99 Å². The summed E-state index contributed by atoms with van der Waals surface area (Å²) in [6, 6.07) is 9.78. The van der Waals surface area contributed by atoms with Crippen molar-refractivity contribution in [3.8, 4) is 5.75 Å². The molecule has 0 aliphatic rings. The van der Waals surface area contributed by atoms with Crippen molar-refractivity contribution in [1.82, 2.24) is 5.32 Å². The van der Waals surface area contributed by atoms with Gasteiger partial charge in [0.05, 0.1) is 13.2 Å². The maximum absolute atomic E-state index is 5.71. The number of benzene rings is 1. The monoisotopic (exact) mass is 251 g/mol. The lowest BCUT2D eigenvalue weighted by molar-refractivity contribution is 0.179. The third kappa shape index (κ3) is 6.10. The molecule has 5 nitrogen and oxygen atoms in total. The predicted molar refractivity (Wildman–Crippen MR) is 72.9 cm³/mol. The number of aliphatic imine (C=N–C) groups is 1. The van der Waals surface area contributed by atoms with E-state index in [2.05, 4.69) is 10.3 Å². The zero-order valence-corrected chi connectivity index (χ0v) is 10.9. The number of nitrogens with two attached hydrogens (primary N) is 1. The van der Waals surface area contributed by atoms with E-state index in [9.17, 15) is 0 Å². The van der Waals surface area contributed by atoms with Crippen molar-refractivity contribution < 1.29 is 9.47 Å². The van der Waals surface area contributed by atoms with Gasteiger partial charge in [0, 0.05) is 13.2 Å². The number of rotatable bonds is 7. The molecule has 3 N–H and O–H groups in total. The number of hydrogen-bond donors (Lipinski definition) is 2. The van der Waals surface area contributed by atoms with Gasteiger partial charge in [-0.3, -0.25) is 0 Å². The average molecular weight is 251 g/mol. The number of nitrogens with zero attached hydrogens (tertiary/aromatic N) is 1. The molecule has 0 amide bonds. The molecule has 0 fully saturated rings. The highest BCUT2D eigenvalue weighted by atomic mass is 16.5. The minimum Gasteiger partial charge on any atom is -0.492 e. The average Bonchev–Trinajstić information content (AvgIpc) is 2.36. The highest BCUT2D eigenvalue weighted by Crippen LogP contribution is 2.07. The van der Waals surface area contributed by atoms with E-state index in [1.165, 1.54) is 0 Å². The molecule has 0 saturated carbocycles. The lowest BCUT2D eigenvalue weighted by Crippen LogP contribution is -2.40. The lowest BCUT2D eigenvalue weighted by atomic mass is 10.3. The molecule has 0 aliphatic carbocycles. The van der Waals surface area contributed by atoms with Gasteiger partial charge in [0.1, 0.15) is 12.4 Å². The minimum atomic E-state index is 0.147. The van der Waals surface area contributed by atoms with Gasteiger partial charge in [0.2, 0.25) is 0 Å². The Morgan fingerprint density at radius 2 is 2.11 bits per heavy atom. The second-order valence-corrected chi connectivity index (χ2v) is 3.93. The summed E-state index contributed by atoms with van der Waals surface area (Å²) in [5.74, 6) is 1.25. The first-order valence-corrected chi connectivity index (χ1v) is 5.95. The number of nitrogens with one attached hydrogen (secondary N) is 1. The maximum Gasteiger partial charge on any atom is 0.188 e. The van der Waals surface area contributed by atoms with Crippen LogP contribution in [0, 0.1) is 0 Å². The first-order valence-electron chi connectivity index (χ1n) is 5.95. The molecule has 0 heterocycles. The molecule has 1 rings (SSSR count). The first-order chi connectivity index (χ1) is 8.72. The van der Waals surface area contributed by atoms with E-state index in [-0.39, 0.29) is 6.04 Å². The fourth-order valence-corrected chi connectivity index (χ4v) is 1.44. The van der Waals surface area contributed by atoms with Crippen LogP contribution in [0.3, 0.4) is 0 Å². The van der Waals surface area contributed by atoms with Crippen LogP contribution in [0.25, 0.3) is 0 Å². The Labute approximate surface area is 108 Å². The SMILES string of the molecule is COCC(C)NC(N)=NCCOc1ccccc1. The van der Waals surface area contributed by atoms with E-state index >= 15 is 0 Å². The number of methoxy groups -OCH3 is 1. The molecule has 1 unspecified atom stereocenters. The van der Waals surface area contributed by atoms with Crippen molar-refractivity contribution >= 4 is 5.96 Å². The fraction of sp³-hybridized carbons (Fsp3) is 0.462. The third-order valence-electron chi connectivity index (χ3n) is 2.20. The van der Waals surface area contributed by atoms with Gasteiger partial charge in [0.25, 0.3) is 0 Å².